The summed E-state index contributed by atoms with van der Waals surface area (Å²) in [6.45, 7) is 6.47. The first-order valence-corrected chi connectivity index (χ1v) is 9.16. The molecule has 148 valence electrons. The van der Waals surface area contributed by atoms with Gasteiger partial charge in [-0.1, -0.05) is 57.2 Å². The number of nitrogens with zero attached hydrogens (tertiary/aromatic N) is 1. The number of hydrogen-bond donors (Lipinski definition) is 1. The number of nitrogens with one attached hydrogen (secondary N) is 1. The summed E-state index contributed by atoms with van der Waals surface area (Å²) in [6, 6.07) is 13.0. The zero-order valence-electron chi connectivity index (χ0n) is 16.0. The van der Waals surface area contributed by atoms with Crippen molar-refractivity contribution in [2.24, 2.45) is 11.0 Å². The third-order valence-corrected chi connectivity index (χ3v) is 4.96. The van der Waals surface area contributed by atoms with E-state index in [9.17, 15) is 18.0 Å². The van der Waals surface area contributed by atoms with Crippen molar-refractivity contribution in [1.29, 1.82) is 0 Å². The number of hydrazone groups is 1. The molecule has 6 heteroatoms. The Morgan fingerprint density at radius 3 is 2.11 bits per heavy atom. The van der Waals surface area contributed by atoms with E-state index in [1.165, 1.54) is 23.9 Å². The van der Waals surface area contributed by atoms with Gasteiger partial charge in [0.25, 0.3) is 0 Å². The molecule has 0 heterocycles. The number of carbonyl (C=O) groups excluding carboxylic acids is 1. The van der Waals surface area contributed by atoms with Crippen molar-refractivity contribution in [3.8, 4) is 0 Å². The third kappa shape index (κ3) is 4.80. The van der Waals surface area contributed by atoms with E-state index in [1.807, 2.05) is 0 Å². The van der Waals surface area contributed by atoms with Gasteiger partial charge >= 0.3 is 6.18 Å². The summed E-state index contributed by atoms with van der Waals surface area (Å²) in [7, 11) is 0. The van der Waals surface area contributed by atoms with Gasteiger partial charge in [-0.25, -0.2) is 5.43 Å². The average Bonchev–Trinajstić information content (AvgIpc) is 3.41. The topological polar surface area (TPSA) is 41.5 Å². The number of alkyl halides is 3. The van der Waals surface area contributed by atoms with Gasteiger partial charge in [0.1, 0.15) is 0 Å². The summed E-state index contributed by atoms with van der Waals surface area (Å²) < 4.78 is 37.6. The van der Waals surface area contributed by atoms with Gasteiger partial charge in [0.05, 0.1) is 11.8 Å². The molecule has 1 saturated carbocycles. The van der Waals surface area contributed by atoms with Crippen LogP contribution >= 0.6 is 0 Å². The molecule has 0 aromatic heterocycles. The highest BCUT2D eigenvalue weighted by Gasteiger charge is 2.44. The van der Waals surface area contributed by atoms with Gasteiger partial charge in [0, 0.05) is 5.92 Å². The van der Waals surface area contributed by atoms with E-state index >= 15 is 0 Å². The summed E-state index contributed by atoms with van der Waals surface area (Å²) in [4.78, 5) is 12.2. The number of halogens is 3. The normalized spacial score (nSPS) is 19.6. The molecule has 2 aromatic carbocycles. The maximum absolute atomic E-state index is 12.5. The number of benzene rings is 2. The van der Waals surface area contributed by atoms with Gasteiger partial charge in [0.15, 0.2) is 0 Å². The zero-order chi connectivity index (χ0) is 20.5. The highest BCUT2D eigenvalue weighted by atomic mass is 19.4. The molecule has 1 aliphatic rings. The Balaban J connectivity index is 1.53. The highest BCUT2D eigenvalue weighted by molar-refractivity contribution is 5.85. The van der Waals surface area contributed by atoms with Crippen molar-refractivity contribution in [3.05, 3.63) is 70.8 Å². The van der Waals surface area contributed by atoms with Crippen LogP contribution in [0, 0.1) is 5.92 Å². The van der Waals surface area contributed by atoms with Crippen molar-refractivity contribution < 1.29 is 18.0 Å². The summed E-state index contributed by atoms with van der Waals surface area (Å²) >= 11 is 0. The Kier molecular flexibility index (Phi) is 5.33. The lowest BCUT2D eigenvalue weighted by Crippen LogP contribution is -2.20. The molecule has 0 aliphatic heterocycles. The molecule has 3 rings (SSSR count). The number of carbonyl (C=O) groups is 1. The van der Waals surface area contributed by atoms with E-state index in [1.54, 1.807) is 0 Å². The van der Waals surface area contributed by atoms with Gasteiger partial charge in [-0.3, -0.25) is 4.79 Å². The molecule has 1 aliphatic carbocycles. The summed E-state index contributed by atoms with van der Waals surface area (Å²) in [5, 5.41) is 3.86. The Bertz CT molecular complexity index is 863. The number of rotatable bonds is 4. The van der Waals surface area contributed by atoms with Crippen LogP contribution in [0.4, 0.5) is 13.2 Å². The van der Waals surface area contributed by atoms with Crippen molar-refractivity contribution in [2.45, 2.75) is 44.7 Å². The maximum Gasteiger partial charge on any atom is 0.416 e. The molecule has 0 radical (unpaired) electrons. The second-order valence-corrected chi connectivity index (χ2v) is 8.17. The lowest BCUT2D eigenvalue weighted by atomic mass is 9.86. The van der Waals surface area contributed by atoms with Gasteiger partial charge < -0.3 is 0 Å². The maximum atomic E-state index is 12.5. The second kappa shape index (κ2) is 7.41. The SMILES string of the molecule is CC(C)(C)c1ccc([C@H]2C[C@H]2C(=O)NN=Cc2ccc(C(F)(F)F)cc2)cc1. The van der Waals surface area contributed by atoms with Gasteiger partial charge in [-0.2, -0.15) is 18.3 Å². The standard InChI is InChI=1S/C22H23F3N2O/c1-21(2,3)16-10-6-15(7-11-16)18-12-19(18)20(28)27-26-13-14-4-8-17(9-5-14)22(23,24)25/h4-11,13,18-19H,12H2,1-3H3,(H,27,28)/t18-,19-/m1/s1. The minimum Gasteiger partial charge on any atom is -0.273 e. The molecule has 0 saturated heterocycles. The van der Waals surface area contributed by atoms with E-state index < -0.39 is 11.7 Å². The van der Waals surface area contributed by atoms with Crippen LogP contribution in [-0.2, 0) is 16.4 Å². The first-order valence-electron chi connectivity index (χ1n) is 9.16. The van der Waals surface area contributed by atoms with Gasteiger partial charge in [0.2, 0.25) is 5.91 Å². The fraction of sp³-hybridized carbons (Fsp3) is 0.364. The van der Waals surface area contributed by atoms with E-state index in [0.717, 1.165) is 24.1 Å². The second-order valence-electron chi connectivity index (χ2n) is 8.17. The molecule has 0 unspecified atom stereocenters. The van der Waals surface area contributed by atoms with Crippen LogP contribution in [0.25, 0.3) is 0 Å². The fourth-order valence-corrected chi connectivity index (χ4v) is 3.09. The molecule has 0 spiro atoms. The molecule has 1 N–H and O–H groups in total. The molecule has 2 atom stereocenters. The van der Waals surface area contributed by atoms with Gasteiger partial charge in [-0.05, 0) is 46.6 Å². The molecule has 3 nitrogen and oxygen atoms in total. The highest BCUT2D eigenvalue weighted by Crippen LogP contribution is 2.47. The molecule has 1 fully saturated rings. The molecule has 28 heavy (non-hydrogen) atoms. The smallest absolute Gasteiger partial charge is 0.273 e. The van der Waals surface area contributed by atoms with Crippen LogP contribution in [0.15, 0.2) is 53.6 Å². The van der Waals surface area contributed by atoms with E-state index in [-0.39, 0.29) is 23.2 Å². The Morgan fingerprint density at radius 1 is 1.00 bits per heavy atom. The first-order chi connectivity index (χ1) is 13.1. The zero-order valence-corrected chi connectivity index (χ0v) is 16.0. The van der Waals surface area contributed by atoms with E-state index in [0.29, 0.717) is 5.56 Å². The Hall–Kier alpha value is -2.63. The van der Waals surface area contributed by atoms with Crippen LogP contribution in [0.3, 0.4) is 0 Å². The Labute approximate surface area is 162 Å². The first kappa shape index (κ1) is 20.1. The van der Waals surface area contributed by atoms with Crippen LogP contribution in [0.2, 0.25) is 0 Å². The quantitative estimate of drug-likeness (QED) is 0.564. The van der Waals surface area contributed by atoms with Crippen molar-refractivity contribution in [1.82, 2.24) is 5.43 Å². The lowest BCUT2D eigenvalue weighted by molar-refractivity contribution is -0.137. The van der Waals surface area contributed by atoms with Crippen LogP contribution < -0.4 is 5.43 Å². The van der Waals surface area contributed by atoms with Crippen LogP contribution in [-0.4, -0.2) is 12.1 Å². The summed E-state index contributed by atoms with van der Waals surface area (Å²) in [5.41, 5.74) is 4.73. The minimum atomic E-state index is -4.37. The average molecular weight is 388 g/mol. The molecular weight excluding hydrogens is 365 g/mol. The van der Waals surface area contributed by atoms with Crippen molar-refractivity contribution in [2.75, 3.05) is 0 Å². The predicted octanol–water partition coefficient (Wildman–Crippen LogP) is 5.26. The van der Waals surface area contributed by atoms with E-state index in [4.69, 9.17) is 0 Å². The molecule has 2 aromatic rings. The Morgan fingerprint density at radius 2 is 1.57 bits per heavy atom. The van der Waals surface area contributed by atoms with Crippen molar-refractivity contribution in [3.63, 3.8) is 0 Å². The molecular formula is C22H23F3N2O. The van der Waals surface area contributed by atoms with Crippen LogP contribution in [0.1, 0.15) is 55.4 Å². The molecule has 1 amide bonds. The minimum absolute atomic E-state index is 0.0892. The fourth-order valence-electron chi connectivity index (χ4n) is 3.09. The monoisotopic (exact) mass is 388 g/mol. The lowest BCUT2D eigenvalue weighted by Gasteiger charge is -2.19. The number of amides is 1. The molecule has 0 bridgehead atoms. The largest absolute Gasteiger partial charge is 0.416 e. The van der Waals surface area contributed by atoms with E-state index in [2.05, 4.69) is 55.6 Å². The van der Waals surface area contributed by atoms with Gasteiger partial charge in [-0.15, -0.1) is 0 Å². The summed E-state index contributed by atoms with van der Waals surface area (Å²) in [5.74, 6) is -0.103. The number of hydrogen-bond acceptors (Lipinski definition) is 2. The third-order valence-electron chi connectivity index (χ3n) is 4.96. The summed E-state index contributed by atoms with van der Waals surface area (Å²) in [6.07, 6.45) is -2.25. The predicted molar refractivity (Wildman–Crippen MR) is 103 cm³/mol. The van der Waals surface area contributed by atoms with Crippen LogP contribution in [0.5, 0.6) is 0 Å². The van der Waals surface area contributed by atoms with Crippen molar-refractivity contribution >= 4 is 12.1 Å².